The van der Waals surface area contributed by atoms with Gasteiger partial charge in [-0.15, -0.1) is 0 Å². The zero-order valence-electron chi connectivity index (χ0n) is 11.3. The molecule has 1 heterocycles. The molecule has 0 aromatic rings. The largest absolute Gasteiger partial charge is 0.468 e. The van der Waals surface area contributed by atoms with Crippen LogP contribution in [0, 0.1) is 5.41 Å². The highest BCUT2D eigenvalue weighted by Crippen LogP contribution is 2.73. The van der Waals surface area contributed by atoms with Crippen molar-refractivity contribution in [3.8, 4) is 0 Å². The molecular formula is C12H17O6P. The van der Waals surface area contributed by atoms with Crippen LogP contribution in [0.3, 0.4) is 0 Å². The van der Waals surface area contributed by atoms with Gasteiger partial charge >= 0.3 is 13.6 Å². The maximum absolute atomic E-state index is 12.8. The fourth-order valence-corrected chi connectivity index (χ4v) is 5.55. The average molecular weight is 288 g/mol. The third kappa shape index (κ3) is 1.67. The van der Waals surface area contributed by atoms with Crippen molar-refractivity contribution in [3.05, 3.63) is 12.2 Å². The number of hydrogen-bond donors (Lipinski definition) is 0. The molecule has 4 atom stereocenters. The van der Waals surface area contributed by atoms with Gasteiger partial charge in [-0.2, -0.15) is 0 Å². The van der Waals surface area contributed by atoms with E-state index >= 15 is 0 Å². The van der Waals surface area contributed by atoms with E-state index in [0.29, 0.717) is 0 Å². The van der Waals surface area contributed by atoms with E-state index in [0.717, 1.165) is 0 Å². The minimum absolute atomic E-state index is 0.120. The van der Waals surface area contributed by atoms with Crippen LogP contribution < -0.4 is 0 Å². The summed E-state index contributed by atoms with van der Waals surface area (Å²) in [7, 11) is -2.54. The Morgan fingerprint density at radius 2 is 2.16 bits per heavy atom. The van der Waals surface area contributed by atoms with Crippen molar-refractivity contribution >= 4 is 19.3 Å². The monoisotopic (exact) mass is 288 g/mol. The van der Waals surface area contributed by atoms with Gasteiger partial charge in [-0.3, -0.25) is 18.7 Å². The predicted octanol–water partition coefficient (Wildman–Crippen LogP) is 1.69. The lowest BCUT2D eigenvalue weighted by atomic mass is 9.74. The molecule has 0 amide bonds. The fourth-order valence-electron chi connectivity index (χ4n) is 2.73. The van der Waals surface area contributed by atoms with Gasteiger partial charge in [-0.25, -0.2) is 0 Å². The number of ketones is 1. The quantitative estimate of drug-likeness (QED) is 0.581. The second-order valence-corrected chi connectivity index (χ2v) is 7.02. The van der Waals surface area contributed by atoms with Crippen LogP contribution in [0.2, 0.25) is 0 Å². The van der Waals surface area contributed by atoms with Gasteiger partial charge in [0, 0.05) is 5.41 Å². The van der Waals surface area contributed by atoms with Crippen LogP contribution >= 0.6 is 7.60 Å². The normalized spacial score (nSPS) is 44.4. The molecule has 0 bridgehead atoms. The topological polar surface area (TPSA) is 78.9 Å². The molecule has 2 rings (SSSR count). The minimum Gasteiger partial charge on any atom is -0.468 e. The first-order valence-corrected chi connectivity index (χ1v) is 7.63. The number of esters is 1. The molecule has 0 radical (unpaired) electrons. The Bertz CT molecular complexity index is 512. The molecule has 1 saturated heterocycles. The molecule has 0 saturated carbocycles. The molecule has 4 unspecified atom stereocenters. The van der Waals surface area contributed by atoms with Gasteiger partial charge in [-0.1, -0.05) is 13.0 Å². The van der Waals surface area contributed by atoms with Crippen molar-refractivity contribution in [2.24, 2.45) is 5.41 Å². The highest BCUT2D eigenvalue weighted by atomic mass is 31.2. The number of methoxy groups -OCH3 is 1. The Balaban J connectivity index is 2.58. The smallest absolute Gasteiger partial charge is 0.346 e. The van der Waals surface area contributed by atoms with Gasteiger partial charge < -0.3 is 9.26 Å². The molecule has 0 N–H and O–H groups in total. The van der Waals surface area contributed by atoms with Crippen molar-refractivity contribution in [2.45, 2.75) is 32.0 Å². The Labute approximate surface area is 111 Å². The Kier molecular flexibility index (Phi) is 3.24. The zero-order chi connectivity index (χ0) is 14.5. The third-order valence-corrected chi connectivity index (χ3v) is 6.62. The van der Waals surface area contributed by atoms with Crippen LogP contribution in [-0.2, 0) is 27.9 Å². The van der Waals surface area contributed by atoms with E-state index < -0.39 is 30.2 Å². The molecule has 0 aromatic carbocycles. The second kappa shape index (κ2) is 4.27. The van der Waals surface area contributed by atoms with Crippen molar-refractivity contribution in [2.75, 3.05) is 13.7 Å². The number of ether oxygens (including phenoxy) is 1. The summed E-state index contributed by atoms with van der Waals surface area (Å²) < 4.78 is 28.2. The standard InChI is InChI=1S/C12H17O6P/c1-5-17-19(15)9(10(14)16-4)11(2)7-6-8(13)12(11,3)18-19/h6-7,9H,5H2,1-4H3. The summed E-state index contributed by atoms with van der Waals surface area (Å²) in [6.07, 6.45) is 2.92. The molecule has 2 aliphatic rings. The van der Waals surface area contributed by atoms with Crippen molar-refractivity contribution in [1.29, 1.82) is 0 Å². The van der Waals surface area contributed by atoms with Crippen LogP contribution in [0.25, 0.3) is 0 Å². The molecule has 1 aliphatic carbocycles. The van der Waals surface area contributed by atoms with Crippen molar-refractivity contribution < 1.29 is 27.9 Å². The highest BCUT2D eigenvalue weighted by Gasteiger charge is 2.73. The summed E-state index contributed by atoms with van der Waals surface area (Å²) in [5, 5.41) is 0. The van der Waals surface area contributed by atoms with Crippen LogP contribution in [0.1, 0.15) is 20.8 Å². The number of hydrogen-bond acceptors (Lipinski definition) is 6. The first-order chi connectivity index (χ1) is 8.75. The Hall–Kier alpha value is -0.970. The van der Waals surface area contributed by atoms with E-state index in [-0.39, 0.29) is 12.4 Å². The molecular weight excluding hydrogens is 271 g/mol. The summed E-state index contributed by atoms with van der Waals surface area (Å²) in [4.78, 5) is 24.0. The first-order valence-electron chi connectivity index (χ1n) is 6.01. The van der Waals surface area contributed by atoms with Gasteiger partial charge in [0.2, 0.25) is 0 Å². The van der Waals surface area contributed by atoms with Gasteiger partial charge in [0.15, 0.2) is 11.4 Å². The highest BCUT2D eigenvalue weighted by molar-refractivity contribution is 7.56. The lowest BCUT2D eigenvalue weighted by Crippen LogP contribution is -2.48. The Morgan fingerprint density at radius 3 is 2.68 bits per heavy atom. The molecule has 6 nitrogen and oxygen atoms in total. The third-order valence-electron chi connectivity index (χ3n) is 4.01. The van der Waals surface area contributed by atoms with Crippen molar-refractivity contribution in [3.63, 3.8) is 0 Å². The van der Waals surface area contributed by atoms with Crippen molar-refractivity contribution in [1.82, 2.24) is 0 Å². The van der Waals surface area contributed by atoms with E-state index in [1.807, 2.05) is 0 Å². The number of fused-ring (bicyclic) bond motifs is 1. The lowest BCUT2D eigenvalue weighted by Gasteiger charge is -2.31. The minimum atomic E-state index is -3.75. The maximum atomic E-state index is 12.8. The molecule has 0 spiro atoms. The summed E-state index contributed by atoms with van der Waals surface area (Å²) in [6, 6.07) is 0. The second-order valence-electron chi connectivity index (χ2n) is 4.99. The molecule has 7 heteroatoms. The molecule has 19 heavy (non-hydrogen) atoms. The maximum Gasteiger partial charge on any atom is 0.346 e. The van der Waals surface area contributed by atoms with Crippen LogP contribution in [0.4, 0.5) is 0 Å². The fraction of sp³-hybridized carbons (Fsp3) is 0.667. The predicted molar refractivity (Wildman–Crippen MR) is 66.8 cm³/mol. The molecule has 1 fully saturated rings. The van der Waals surface area contributed by atoms with Crippen LogP contribution in [0.15, 0.2) is 12.2 Å². The summed E-state index contributed by atoms with van der Waals surface area (Å²) >= 11 is 0. The van der Waals surface area contributed by atoms with E-state index in [1.165, 1.54) is 20.1 Å². The zero-order valence-corrected chi connectivity index (χ0v) is 12.2. The van der Waals surface area contributed by atoms with Crippen LogP contribution in [0.5, 0.6) is 0 Å². The van der Waals surface area contributed by atoms with Crippen LogP contribution in [-0.4, -0.2) is 36.7 Å². The van der Waals surface area contributed by atoms with Gasteiger partial charge in [0.25, 0.3) is 0 Å². The number of carbonyl (C=O) groups excluding carboxylic acids is 2. The van der Waals surface area contributed by atoms with Gasteiger partial charge in [0.05, 0.1) is 13.7 Å². The van der Waals surface area contributed by atoms with Gasteiger partial charge in [-0.05, 0) is 19.9 Å². The number of carbonyl (C=O) groups is 2. The summed E-state index contributed by atoms with van der Waals surface area (Å²) in [6.45, 7) is 4.96. The molecule has 0 aromatic heterocycles. The first kappa shape index (κ1) is 14.4. The SMILES string of the molecule is CCOP1(=O)OC2(C)C(=O)C=CC2(C)C1C(=O)OC. The van der Waals surface area contributed by atoms with E-state index in [1.54, 1.807) is 19.9 Å². The van der Waals surface area contributed by atoms with Gasteiger partial charge in [0.1, 0.15) is 5.60 Å². The Morgan fingerprint density at radius 1 is 1.53 bits per heavy atom. The molecule has 1 aliphatic heterocycles. The molecule has 106 valence electrons. The number of rotatable bonds is 3. The van der Waals surface area contributed by atoms with E-state index in [9.17, 15) is 14.2 Å². The van der Waals surface area contributed by atoms with E-state index in [2.05, 4.69) is 0 Å². The lowest BCUT2D eigenvalue weighted by molar-refractivity contribution is -0.143. The van der Waals surface area contributed by atoms with E-state index in [4.69, 9.17) is 13.8 Å². The summed E-state index contributed by atoms with van der Waals surface area (Å²) in [5.74, 6) is -1.01. The average Bonchev–Trinajstić information content (AvgIpc) is 2.64. The summed E-state index contributed by atoms with van der Waals surface area (Å²) in [5.41, 5.74) is -3.50.